The van der Waals surface area contributed by atoms with Crippen LogP contribution in [0.2, 0.25) is 25.7 Å². The van der Waals surface area contributed by atoms with E-state index >= 15 is 0 Å². The molecule has 1 rings (SSSR count). The van der Waals surface area contributed by atoms with Crippen LogP contribution in [-0.2, 0) is 15.5 Å². The van der Waals surface area contributed by atoms with E-state index < -0.39 is 26.8 Å². The molecule has 1 aromatic rings. The van der Waals surface area contributed by atoms with Crippen molar-refractivity contribution >= 4 is 21.4 Å². The molecule has 0 saturated carbocycles. The molecule has 2 N–H and O–H groups in total. The summed E-state index contributed by atoms with van der Waals surface area (Å²) in [6.07, 6.45) is -0.502. The second-order valence-electron chi connectivity index (χ2n) is 6.36. The Labute approximate surface area is 135 Å². The zero-order chi connectivity index (χ0) is 17.7. The van der Waals surface area contributed by atoms with Crippen molar-refractivity contribution in [3.63, 3.8) is 0 Å². The van der Waals surface area contributed by atoms with Gasteiger partial charge in [0, 0.05) is 20.7 Å². The van der Waals surface area contributed by atoms with Crippen molar-refractivity contribution in [3.8, 4) is 5.75 Å². The van der Waals surface area contributed by atoms with E-state index in [9.17, 15) is 14.7 Å². The van der Waals surface area contributed by atoms with E-state index in [-0.39, 0.29) is 23.8 Å². The second-order valence-corrected chi connectivity index (χ2v) is 13.6. The number of rotatable bonds is 9. The molecular formula is C13H22NO7PSi. The van der Waals surface area contributed by atoms with Gasteiger partial charge in [-0.3, -0.25) is 14.7 Å². The van der Waals surface area contributed by atoms with Gasteiger partial charge in [-0.05, 0) is 17.7 Å². The van der Waals surface area contributed by atoms with Crippen molar-refractivity contribution in [1.82, 2.24) is 0 Å². The molecule has 23 heavy (non-hydrogen) atoms. The summed E-state index contributed by atoms with van der Waals surface area (Å²) >= 11 is 0. The van der Waals surface area contributed by atoms with Crippen molar-refractivity contribution < 1.29 is 28.7 Å². The average molecular weight is 363 g/mol. The fourth-order valence-electron chi connectivity index (χ4n) is 1.70. The van der Waals surface area contributed by atoms with Crippen molar-refractivity contribution in [1.29, 1.82) is 0 Å². The Morgan fingerprint density at radius 3 is 2.48 bits per heavy atom. The summed E-state index contributed by atoms with van der Waals surface area (Å²) in [5, 5.41) is 11.0. The van der Waals surface area contributed by atoms with E-state index in [4.69, 9.17) is 19.3 Å². The molecule has 0 aliphatic rings. The minimum Gasteiger partial charge on any atom is -0.460 e. The molecule has 0 fully saturated rings. The summed E-state index contributed by atoms with van der Waals surface area (Å²) in [6, 6.07) is 4.67. The number of nitro groups is 1. The third-order valence-corrected chi connectivity index (χ3v) is 5.38. The Morgan fingerprint density at radius 2 is 1.96 bits per heavy atom. The largest absolute Gasteiger partial charge is 0.460 e. The van der Waals surface area contributed by atoms with Gasteiger partial charge in [-0.1, -0.05) is 25.7 Å². The van der Waals surface area contributed by atoms with Gasteiger partial charge in [0.2, 0.25) is 0 Å². The van der Waals surface area contributed by atoms with Crippen molar-refractivity contribution in [2.75, 3.05) is 13.4 Å². The Balaban J connectivity index is 2.72. The van der Waals surface area contributed by atoms with E-state index in [2.05, 4.69) is 19.6 Å². The van der Waals surface area contributed by atoms with Gasteiger partial charge in [0.25, 0.3) is 0 Å². The van der Waals surface area contributed by atoms with Gasteiger partial charge >= 0.3 is 13.3 Å². The zero-order valence-corrected chi connectivity index (χ0v) is 15.3. The summed E-state index contributed by atoms with van der Waals surface area (Å²) in [6.45, 7) is 6.96. The zero-order valence-electron chi connectivity index (χ0n) is 13.4. The lowest BCUT2D eigenvalue weighted by molar-refractivity contribution is -0.386. The molecule has 0 radical (unpaired) electrons. The van der Waals surface area contributed by atoms with Crippen LogP contribution in [-0.4, -0.2) is 36.2 Å². The first-order valence-electron chi connectivity index (χ1n) is 7.00. The van der Waals surface area contributed by atoms with Crippen LogP contribution in [0.5, 0.6) is 5.75 Å². The highest BCUT2D eigenvalue weighted by Gasteiger charge is 2.20. The van der Waals surface area contributed by atoms with Crippen LogP contribution in [0.3, 0.4) is 0 Å². The lowest BCUT2D eigenvalue weighted by Gasteiger charge is -2.15. The van der Waals surface area contributed by atoms with E-state index in [0.29, 0.717) is 6.61 Å². The normalized spacial score (nSPS) is 12.2. The molecule has 0 heterocycles. The summed E-state index contributed by atoms with van der Waals surface area (Å²) in [4.78, 5) is 28.3. The molecule has 0 spiro atoms. The Morgan fingerprint density at radius 1 is 1.30 bits per heavy atom. The van der Waals surface area contributed by atoms with Crippen LogP contribution in [0.15, 0.2) is 18.2 Å². The first-order chi connectivity index (χ1) is 10.5. The van der Waals surface area contributed by atoms with Gasteiger partial charge in [0.05, 0.1) is 11.1 Å². The highest BCUT2D eigenvalue weighted by atomic mass is 31.2. The van der Waals surface area contributed by atoms with Crippen LogP contribution in [0.4, 0.5) is 5.69 Å². The molecule has 0 atom stereocenters. The molecule has 0 saturated heterocycles. The number of nitrogens with zero attached hydrogens (tertiary/aromatic N) is 1. The summed E-state index contributed by atoms with van der Waals surface area (Å²) in [7, 11) is -5.48. The standard InChI is InChI=1S/C13H22NO7PSi/c1-23(2,3)7-6-20-10-21-13-8-11(9-22(17,18)19)4-5-12(13)14(15)16/h4-5,8H,6-7,9-10H2,1-3H3,(H2,17,18,19). The molecular weight excluding hydrogens is 341 g/mol. The summed E-state index contributed by atoms with van der Waals surface area (Å²) in [5.41, 5.74) is -0.00529. The topological polar surface area (TPSA) is 119 Å². The second kappa shape index (κ2) is 8.03. The maximum absolute atomic E-state index is 11.0. The minimum atomic E-state index is -4.25. The third-order valence-electron chi connectivity index (χ3n) is 2.90. The minimum absolute atomic E-state index is 0.0612. The maximum atomic E-state index is 11.0. The van der Waals surface area contributed by atoms with Crippen LogP contribution >= 0.6 is 7.60 Å². The number of benzene rings is 1. The van der Waals surface area contributed by atoms with Crippen LogP contribution in [0.1, 0.15) is 5.56 Å². The Bertz CT molecular complexity index is 596. The first kappa shape index (κ1) is 19.8. The van der Waals surface area contributed by atoms with Gasteiger partial charge in [-0.15, -0.1) is 0 Å². The number of hydrogen-bond donors (Lipinski definition) is 2. The van der Waals surface area contributed by atoms with Crippen LogP contribution in [0.25, 0.3) is 0 Å². The first-order valence-corrected chi connectivity index (χ1v) is 12.5. The molecule has 8 nitrogen and oxygen atoms in total. The Kier molecular flexibility index (Phi) is 6.91. The van der Waals surface area contributed by atoms with Crippen LogP contribution in [0, 0.1) is 10.1 Å². The van der Waals surface area contributed by atoms with Crippen molar-refractivity contribution in [2.45, 2.75) is 31.8 Å². The van der Waals surface area contributed by atoms with E-state index in [1.54, 1.807) is 0 Å². The van der Waals surface area contributed by atoms with Crippen LogP contribution < -0.4 is 4.74 Å². The smallest absolute Gasteiger partial charge is 0.329 e. The van der Waals surface area contributed by atoms with Gasteiger partial charge < -0.3 is 19.3 Å². The Hall–Kier alpha value is -1.25. The molecule has 0 aliphatic heterocycles. The summed E-state index contributed by atoms with van der Waals surface area (Å²) < 4.78 is 21.6. The summed E-state index contributed by atoms with van der Waals surface area (Å²) in [5.74, 6) is -0.0612. The fourth-order valence-corrected chi connectivity index (χ4v) is 3.13. The molecule has 0 amide bonds. The van der Waals surface area contributed by atoms with E-state index in [1.165, 1.54) is 18.2 Å². The predicted octanol–water partition coefficient (Wildman–Crippen LogP) is 2.96. The maximum Gasteiger partial charge on any atom is 0.329 e. The third kappa shape index (κ3) is 8.24. The monoisotopic (exact) mass is 363 g/mol. The van der Waals surface area contributed by atoms with E-state index in [1.807, 2.05) is 0 Å². The lowest BCUT2D eigenvalue weighted by Crippen LogP contribution is -2.22. The number of hydrogen-bond acceptors (Lipinski definition) is 5. The number of ether oxygens (including phenoxy) is 2. The van der Waals surface area contributed by atoms with Gasteiger partial charge in [0.15, 0.2) is 12.5 Å². The molecule has 0 aromatic heterocycles. The van der Waals surface area contributed by atoms with Crippen molar-refractivity contribution in [2.24, 2.45) is 0 Å². The quantitative estimate of drug-likeness (QED) is 0.173. The lowest BCUT2D eigenvalue weighted by atomic mass is 10.2. The highest BCUT2D eigenvalue weighted by Crippen LogP contribution is 2.40. The average Bonchev–Trinajstić information content (AvgIpc) is 2.34. The van der Waals surface area contributed by atoms with Crippen molar-refractivity contribution in [3.05, 3.63) is 33.9 Å². The molecule has 0 aliphatic carbocycles. The SMILES string of the molecule is C[Si](C)(C)CCOCOc1cc(CP(=O)(O)O)ccc1[N+](=O)[O-]. The van der Waals surface area contributed by atoms with Gasteiger partial charge in [-0.2, -0.15) is 0 Å². The molecule has 0 unspecified atom stereocenters. The molecule has 10 heteroatoms. The van der Waals surface area contributed by atoms with Gasteiger partial charge in [0.1, 0.15) is 0 Å². The fraction of sp³-hybridized carbons (Fsp3) is 0.538. The molecule has 1 aromatic carbocycles. The van der Waals surface area contributed by atoms with E-state index in [0.717, 1.165) is 6.04 Å². The predicted molar refractivity (Wildman–Crippen MR) is 88.4 cm³/mol. The number of nitro benzene ring substituents is 1. The molecule has 130 valence electrons. The molecule has 0 bridgehead atoms. The highest BCUT2D eigenvalue weighted by molar-refractivity contribution is 7.50. The van der Waals surface area contributed by atoms with Gasteiger partial charge in [-0.25, -0.2) is 0 Å².